The number of pyridine rings is 2. The van der Waals surface area contributed by atoms with Gasteiger partial charge in [0.05, 0.1) is 11.4 Å². The van der Waals surface area contributed by atoms with Gasteiger partial charge in [0.2, 0.25) is 0 Å². The van der Waals surface area contributed by atoms with Crippen molar-refractivity contribution in [1.82, 2.24) is 9.97 Å². The molecule has 2 aromatic heterocycles. The van der Waals surface area contributed by atoms with Gasteiger partial charge in [0.1, 0.15) is 0 Å². The van der Waals surface area contributed by atoms with E-state index in [9.17, 15) is 0 Å². The van der Waals surface area contributed by atoms with Gasteiger partial charge in [0.25, 0.3) is 0 Å². The molecule has 0 aliphatic heterocycles. The van der Waals surface area contributed by atoms with E-state index < -0.39 is 0 Å². The molecule has 2 rings (SSSR count). The Morgan fingerprint density at radius 3 is 2.32 bits per heavy atom. The maximum absolute atomic E-state index is 5.27. The van der Waals surface area contributed by atoms with Crippen molar-refractivity contribution < 1.29 is 0 Å². The first kappa shape index (κ1) is 14.9. The molecule has 0 atom stereocenters. The lowest BCUT2D eigenvalue weighted by atomic mass is 10.1. The smallest absolute Gasteiger partial charge is 0.0888 e. The molecule has 19 heavy (non-hydrogen) atoms. The van der Waals surface area contributed by atoms with E-state index >= 15 is 0 Å². The highest BCUT2D eigenvalue weighted by Crippen LogP contribution is 2.16. The average molecular weight is 252 g/mol. The minimum atomic E-state index is 0.755. The van der Waals surface area contributed by atoms with E-state index in [2.05, 4.69) is 22.0 Å². The molecule has 0 N–H and O–H groups in total. The lowest BCUT2D eigenvalue weighted by molar-refractivity contribution is 1.02. The van der Waals surface area contributed by atoms with Gasteiger partial charge < -0.3 is 0 Å². The van der Waals surface area contributed by atoms with Crippen LogP contribution in [0.25, 0.3) is 11.4 Å². The molecule has 2 heterocycles. The molecule has 2 aromatic rings. The van der Waals surface area contributed by atoms with Crippen molar-refractivity contribution in [1.29, 1.82) is 0 Å². The Morgan fingerprint density at radius 2 is 1.68 bits per heavy atom. The van der Waals surface area contributed by atoms with E-state index in [0.717, 1.165) is 24.2 Å². The van der Waals surface area contributed by atoms with Crippen LogP contribution in [-0.4, -0.2) is 9.97 Å². The number of aryl methyl sites for hydroxylation is 2. The third-order valence-corrected chi connectivity index (χ3v) is 2.56. The first-order chi connectivity index (χ1) is 9.29. The van der Waals surface area contributed by atoms with Gasteiger partial charge in [0.15, 0.2) is 0 Å². The maximum atomic E-state index is 5.27. The Bertz CT molecular complexity index is 553. The van der Waals surface area contributed by atoms with Gasteiger partial charge in [-0.2, -0.15) is 0 Å². The van der Waals surface area contributed by atoms with Crippen molar-refractivity contribution in [3.63, 3.8) is 0 Å². The van der Waals surface area contributed by atoms with E-state index in [1.165, 1.54) is 11.1 Å². The molecule has 2 heteroatoms. The lowest BCUT2D eigenvalue weighted by Gasteiger charge is -2.03. The van der Waals surface area contributed by atoms with Gasteiger partial charge in [-0.15, -0.1) is 12.3 Å². The molecule has 2 nitrogen and oxygen atoms in total. The van der Waals surface area contributed by atoms with Crippen molar-refractivity contribution in [2.45, 2.75) is 33.6 Å². The van der Waals surface area contributed by atoms with E-state index in [1.54, 1.807) is 6.20 Å². The Hall–Kier alpha value is -2.14. The van der Waals surface area contributed by atoms with Crippen LogP contribution in [0.2, 0.25) is 0 Å². The molecule has 0 aliphatic rings. The van der Waals surface area contributed by atoms with E-state index in [0.29, 0.717) is 0 Å². The summed E-state index contributed by atoms with van der Waals surface area (Å²) in [6, 6.07) is 8.06. The van der Waals surface area contributed by atoms with E-state index in [4.69, 9.17) is 6.42 Å². The van der Waals surface area contributed by atoms with Crippen molar-refractivity contribution in [2.75, 3.05) is 0 Å². The molecular weight excluding hydrogens is 232 g/mol. The van der Waals surface area contributed by atoms with Crippen LogP contribution in [0.4, 0.5) is 0 Å². The summed E-state index contributed by atoms with van der Waals surface area (Å²) in [6.45, 7) is 6.05. The van der Waals surface area contributed by atoms with E-state index in [1.807, 2.05) is 45.2 Å². The van der Waals surface area contributed by atoms with Crippen LogP contribution < -0.4 is 0 Å². The number of nitrogens with zero attached hydrogens (tertiary/aromatic N) is 2. The van der Waals surface area contributed by atoms with Crippen LogP contribution >= 0.6 is 0 Å². The maximum Gasteiger partial charge on any atom is 0.0888 e. The summed E-state index contributed by atoms with van der Waals surface area (Å²) in [5, 5.41) is 0. The second kappa shape index (κ2) is 8.05. The molecule has 0 bridgehead atoms. The number of hydrogen-bond donors (Lipinski definition) is 0. The molecule has 0 radical (unpaired) electrons. The number of rotatable bonds is 3. The molecule has 98 valence electrons. The van der Waals surface area contributed by atoms with Crippen molar-refractivity contribution in [3.05, 3.63) is 47.8 Å². The zero-order valence-electron chi connectivity index (χ0n) is 11.9. The van der Waals surface area contributed by atoms with Crippen LogP contribution in [-0.2, 0) is 6.42 Å². The van der Waals surface area contributed by atoms with Gasteiger partial charge in [-0.1, -0.05) is 13.8 Å². The summed E-state index contributed by atoms with van der Waals surface area (Å²) >= 11 is 0. The quantitative estimate of drug-likeness (QED) is 0.770. The fourth-order valence-corrected chi connectivity index (χ4v) is 1.66. The SMILES string of the molecule is C#CCCc1ccnc(-c2cc(C)ccn2)c1.CC. The molecule has 0 saturated carbocycles. The third kappa shape index (κ3) is 4.56. The van der Waals surface area contributed by atoms with Crippen LogP contribution in [0, 0.1) is 19.3 Å². The second-order valence-electron chi connectivity index (χ2n) is 3.97. The Balaban J connectivity index is 0.000000861. The van der Waals surface area contributed by atoms with Crippen LogP contribution in [0.15, 0.2) is 36.7 Å². The van der Waals surface area contributed by atoms with Crippen molar-refractivity contribution in [3.8, 4) is 23.7 Å². The van der Waals surface area contributed by atoms with Gasteiger partial charge in [-0.25, -0.2) is 0 Å². The predicted octanol–water partition coefficient (Wildman–Crippen LogP) is 4.04. The fraction of sp³-hybridized carbons (Fsp3) is 0.294. The second-order valence-corrected chi connectivity index (χ2v) is 3.97. The number of hydrogen-bond acceptors (Lipinski definition) is 2. The molecule has 0 unspecified atom stereocenters. The summed E-state index contributed by atoms with van der Waals surface area (Å²) in [4.78, 5) is 8.67. The Labute approximate surface area is 115 Å². The summed E-state index contributed by atoms with van der Waals surface area (Å²) in [5.41, 5.74) is 4.21. The minimum absolute atomic E-state index is 0.755. The highest BCUT2D eigenvalue weighted by Gasteiger charge is 2.02. The summed E-state index contributed by atoms with van der Waals surface area (Å²) in [5.74, 6) is 2.65. The van der Waals surface area contributed by atoms with Gasteiger partial charge >= 0.3 is 0 Å². The largest absolute Gasteiger partial charge is 0.255 e. The van der Waals surface area contributed by atoms with Crippen LogP contribution in [0.3, 0.4) is 0 Å². The molecule has 0 aromatic carbocycles. The number of aromatic nitrogens is 2. The highest BCUT2D eigenvalue weighted by atomic mass is 14.8. The first-order valence-corrected chi connectivity index (χ1v) is 6.61. The predicted molar refractivity (Wildman–Crippen MR) is 80.7 cm³/mol. The molecule has 0 fully saturated rings. The first-order valence-electron chi connectivity index (χ1n) is 6.61. The van der Waals surface area contributed by atoms with Crippen LogP contribution in [0.1, 0.15) is 31.4 Å². The van der Waals surface area contributed by atoms with Crippen molar-refractivity contribution >= 4 is 0 Å². The van der Waals surface area contributed by atoms with Gasteiger partial charge in [-0.05, 0) is 48.7 Å². The van der Waals surface area contributed by atoms with Crippen molar-refractivity contribution in [2.24, 2.45) is 0 Å². The monoisotopic (exact) mass is 252 g/mol. The summed E-state index contributed by atoms with van der Waals surface area (Å²) in [6.07, 6.45) is 10.5. The Kier molecular flexibility index (Phi) is 6.32. The Morgan fingerprint density at radius 1 is 1.05 bits per heavy atom. The molecule has 0 spiro atoms. The zero-order chi connectivity index (χ0) is 14.1. The minimum Gasteiger partial charge on any atom is -0.255 e. The van der Waals surface area contributed by atoms with Gasteiger partial charge in [0, 0.05) is 18.8 Å². The fourth-order valence-electron chi connectivity index (χ4n) is 1.66. The normalized spacial score (nSPS) is 9.16. The van der Waals surface area contributed by atoms with E-state index in [-0.39, 0.29) is 0 Å². The van der Waals surface area contributed by atoms with Gasteiger partial charge in [-0.3, -0.25) is 9.97 Å². The average Bonchev–Trinajstić information content (AvgIpc) is 2.47. The molecule has 0 amide bonds. The summed E-state index contributed by atoms with van der Waals surface area (Å²) in [7, 11) is 0. The zero-order valence-corrected chi connectivity index (χ0v) is 11.9. The topological polar surface area (TPSA) is 25.8 Å². The lowest BCUT2D eigenvalue weighted by Crippen LogP contribution is -1.91. The molecule has 0 aliphatic carbocycles. The highest BCUT2D eigenvalue weighted by molar-refractivity contribution is 5.55. The molecular formula is C17H20N2. The standard InChI is InChI=1S/C15H14N2.C2H6/c1-3-4-5-13-7-9-17-15(11-13)14-10-12(2)6-8-16-14;1-2/h1,6-11H,4-5H2,2H3;1-2H3. The van der Waals surface area contributed by atoms with Crippen LogP contribution in [0.5, 0.6) is 0 Å². The summed E-state index contributed by atoms with van der Waals surface area (Å²) < 4.78 is 0. The third-order valence-electron chi connectivity index (χ3n) is 2.56. The number of terminal acetylenes is 1. The molecule has 0 saturated heterocycles.